The second-order valence-corrected chi connectivity index (χ2v) is 6.65. The largest absolute Gasteiger partial charge is 0.465 e. The molecule has 0 bridgehead atoms. The molecule has 2 aromatic rings. The van der Waals surface area contributed by atoms with Crippen LogP contribution in [-0.2, 0) is 31.9 Å². The summed E-state index contributed by atoms with van der Waals surface area (Å²) in [5.74, 6) is -0.926. The summed E-state index contributed by atoms with van der Waals surface area (Å²) in [6.45, 7) is 0.182. The van der Waals surface area contributed by atoms with Crippen LogP contribution in [0.2, 0.25) is 0 Å². The van der Waals surface area contributed by atoms with Gasteiger partial charge in [-0.2, -0.15) is 0 Å². The molecule has 0 spiro atoms. The van der Waals surface area contributed by atoms with Gasteiger partial charge >= 0.3 is 11.9 Å². The van der Waals surface area contributed by atoms with Crippen LogP contribution in [0.15, 0.2) is 48.5 Å². The highest BCUT2D eigenvalue weighted by molar-refractivity contribution is 5.72. The molecule has 10 nitrogen and oxygen atoms in total. The van der Waals surface area contributed by atoms with Crippen molar-refractivity contribution in [2.75, 3.05) is 13.2 Å². The highest BCUT2D eigenvalue weighted by Crippen LogP contribution is 2.14. The Kier molecular flexibility index (Phi) is 9.09. The smallest absolute Gasteiger partial charge is 0.305 e. The first-order chi connectivity index (χ1) is 14.8. The van der Waals surface area contributed by atoms with Gasteiger partial charge in [-0.3, -0.25) is 29.8 Å². The predicted octanol–water partition coefficient (Wildman–Crippen LogP) is 3.54. The summed E-state index contributed by atoms with van der Waals surface area (Å²) in [6, 6.07) is 12.2. The van der Waals surface area contributed by atoms with Crippen LogP contribution < -0.4 is 0 Å². The Bertz CT molecular complexity index is 869. The van der Waals surface area contributed by atoms with E-state index in [0.717, 1.165) is 0 Å². The summed E-state index contributed by atoms with van der Waals surface area (Å²) in [6.07, 6.45) is 1.08. The third-order valence-corrected chi connectivity index (χ3v) is 4.31. The van der Waals surface area contributed by atoms with Crippen LogP contribution in [0.1, 0.15) is 30.4 Å². The molecule has 31 heavy (non-hydrogen) atoms. The zero-order valence-corrected chi connectivity index (χ0v) is 16.7. The number of nitrogens with zero attached hydrogens (tertiary/aromatic N) is 2. The van der Waals surface area contributed by atoms with Crippen LogP contribution in [-0.4, -0.2) is 35.0 Å². The third kappa shape index (κ3) is 8.60. The van der Waals surface area contributed by atoms with Gasteiger partial charge in [0.15, 0.2) is 0 Å². The van der Waals surface area contributed by atoms with E-state index in [9.17, 15) is 29.8 Å². The van der Waals surface area contributed by atoms with Crippen molar-refractivity contribution in [3.8, 4) is 0 Å². The molecule has 0 unspecified atom stereocenters. The molecule has 0 heterocycles. The lowest BCUT2D eigenvalue weighted by atomic mass is 10.1. The number of nitro groups is 2. The molecule has 0 aliphatic carbocycles. The second kappa shape index (κ2) is 12.0. The van der Waals surface area contributed by atoms with E-state index in [2.05, 4.69) is 0 Å². The second-order valence-electron chi connectivity index (χ2n) is 6.65. The van der Waals surface area contributed by atoms with Gasteiger partial charge in [0.2, 0.25) is 0 Å². The maximum atomic E-state index is 11.7. The number of nitro benzene ring substituents is 2. The first-order valence-corrected chi connectivity index (χ1v) is 9.63. The monoisotopic (exact) mass is 430 g/mol. The van der Waals surface area contributed by atoms with E-state index in [1.807, 2.05) is 0 Å². The SMILES string of the molecule is O=C(CCCC(=O)OCCc1cccc([N+](=O)[O-])c1)OCCc1cccc([N+](=O)[O-])c1. The standard InChI is InChI=1S/C21H22N2O8/c24-20(30-12-10-16-4-1-6-18(14-16)22(26)27)8-3-9-21(25)31-13-11-17-5-2-7-19(15-17)23(28)29/h1-2,4-7,14-15H,3,8-13H2. The summed E-state index contributed by atoms with van der Waals surface area (Å²) in [4.78, 5) is 44.0. The van der Waals surface area contributed by atoms with E-state index in [-0.39, 0.29) is 43.9 Å². The van der Waals surface area contributed by atoms with E-state index < -0.39 is 21.8 Å². The van der Waals surface area contributed by atoms with Crippen molar-refractivity contribution in [3.63, 3.8) is 0 Å². The Morgan fingerprint density at radius 3 is 1.55 bits per heavy atom. The topological polar surface area (TPSA) is 139 Å². The van der Waals surface area contributed by atoms with E-state index in [4.69, 9.17) is 9.47 Å². The Balaban J connectivity index is 1.58. The van der Waals surface area contributed by atoms with E-state index >= 15 is 0 Å². The van der Waals surface area contributed by atoms with Crippen molar-refractivity contribution < 1.29 is 28.9 Å². The Morgan fingerprint density at radius 2 is 1.16 bits per heavy atom. The molecule has 10 heteroatoms. The van der Waals surface area contributed by atoms with Gasteiger partial charge in [0.1, 0.15) is 0 Å². The van der Waals surface area contributed by atoms with Gasteiger partial charge < -0.3 is 9.47 Å². The van der Waals surface area contributed by atoms with Crippen molar-refractivity contribution in [3.05, 3.63) is 79.9 Å². The minimum absolute atomic E-state index is 0.0205. The van der Waals surface area contributed by atoms with Crippen LogP contribution in [0.5, 0.6) is 0 Å². The number of hydrogen-bond donors (Lipinski definition) is 0. The lowest BCUT2D eigenvalue weighted by molar-refractivity contribution is -0.385. The molecular formula is C21H22N2O8. The molecule has 0 saturated carbocycles. The van der Waals surface area contributed by atoms with Crippen LogP contribution in [0, 0.1) is 20.2 Å². The maximum Gasteiger partial charge on any atom is 0.305 e. The fourth-order valence-corrected chi connectivity index (χ4v) is 2.74. The summed E-state index contributed by atoms with van der Waals surface area (Å²) in [5, 5.41) is 21.5. The van der Waals surface area contributed by atoms with Gasteiger partial charge in [-0.05, 0) is 17.5 Å². The van der Waals surface area contributed by atoms with Crippen molar-refractivity contribution >= 4 is 23.3 Å². The number of benzene rings is 2. The zero-order valence-electron chi connectivity index (χ0n) is 16.7. The number of rotatable bonds is 12. The molecular weight excluding hydrogens is 408 g/mol. The lowest BCUT2D eigenvalue weighted by Gasteiger charge is -2.06. The first-order valence-electron chi connectivity index (χ1n) is 9.63. The van der Waals surface area contributed by atoms with Gasteiger partial charge in [-0.15, -0.1) is 0 Å². The van der Waals surface area contributed by atoms with E-state index in [1.54, 1.807) is 24.3 Å². The first kappa shape index (κ1) is 23.5. The van der Waals surface area contributed by atoms with Gasteiger partial charge in [0, 0.05) is 49.9 Å². The van der Waals surface area contributed by atoms with Crippen LogP contribution in [0.4, 0.5) is 11.4 Å². The predicted molar refractivity (Wildman–Crippen MR) is 109 cm³/mol. The number of ether oxygens (including phenoxy) is 2. The van der Waals surface area contributed by atoms with Gasteiger partial charge in [0.05, 0.1) is 23.1 Å². The molecule has 0 saturated heterocycles. The lowest BCUT2D eigenvalue weighted by Crippen LogP contribution is -2.11. The third-order valence-electron chi connectivity index (χ3n) is 4.31. The average molecular weight is 430 g/mol. The molecule has 0 amide bonds. The molecule has 0 aromatic heterocycles. The molecule has 0 N–H and O–H groups in total. The summed E-state index contributed by atoms with van der Waals surface area (Å²) in [7, 11) is 0. The fraction of sp³-hybridized carbons (Fsp3) is 0.333. The summed E-state index contributed by atoms with van der Waals surface area (Å²) < 4.78 is 10.2. The molecule has 2 rings (SSSR count). The summed E-state index contributed by atoms with van der Waals surface area (Å²) in [5.41, 5.74) is 1.34. The highest BCUT2D eigenvalue weighted by atomic mass is 16.6. The molecule has 164 valence electrons. The van der Waals surface area contributed by atoms with Crippen LogP contribution in [0.3, 0.4) is 0 Å². The molecule has 0 radical (unpaired) electrons. The van der Waals surface area contributed by atoms with Gasteiger partial charge in [-0.1, -0.05) is 24.3 Å². The Hall–Kier alpha value is -3.82. The van der Waals surface area contributed by atoms with Crippen molar-refractivity contribution in [1.29, 1.82) is 0 Å². The van der Waals surface area contributed by atoms with E-state index in [0.29, 0.717) is 24.0 Å². The minimum Gasteiger partial charge on any atom is -0.465 e. The van der Waals surface area contributed by atoms with Crippen LogP contribution in [0.25, 0.3) is 0 Å². The number of esters is 2. The zero-order chi connectivity index (χ0) is 22.6. The number of non-ortho nitro benzene ring substituents is 2. The van der Waals surface area contributed by atoms with Crippen molar-refractivity contribution in [1.82, 2.24) is 0 Å². The Morgan fingerprint density at radius 1 is 0.742 bits per heavy atom. The molecule has 0 atom stereocenters. The van der Waals surface area contributed by atoms with Crippen molar-refractivity contribution in [2.45, 2.75) is 32.1 Å². The molecule has 2 aromatic carbocycles. The Labute approximate surface area is 178 Å². The average Bonchev–Trinajstić information content (AvgIpc) is 2.74. The van der Waals surface area contributed by atoms with Gasteiger partial charge in [-0.25, -0.2) is 0 Å². The van der Waals surface area contributed by atoms with Gasteiger partial charge in [0.25, 0.3) is 11.4 Å². The quantitative estimate of drug-likeness (QED) is 0.283. The molecule has 0 fully saturated rings. The minimum atomic E-state index is -0.488. The highest BCUT2D eigenvalue weighted by Gasteiger charge is 2.10. The normalized spacial score (nSPS) is 10.3. The van der Waals surface area contributed by atoms with Crippen molar-refractivity contribution in [2.24, 2.45) is 0 Å². The number of hydrogen-bond acceptors (Lipinski definition) is 8. The fourth-order valence-electron chi connectivity index (χ4n) is 2.74. The summed E-state index contributed by atoms with van der Waals surface area (Å²) >= 11 is 0. The molecule has 0 aliphatic rings. The van der Waals surface area contributed by atoms with Crippen LogP contribution >= 0.6 is 0 Å². The number of carbonyl (C=O) groups is 2. The van der Waals surface area contributed by atoms with E-state index in [1.165, 1.54) is 24.3 Å². The number of carbonyl (C=O) groups excluding carboxylic acids is 2. The molecule has 0 aliphatic heterocycles. The maximum absolute atomic E-state index is 11.7.